The number of benzene rings is 2. The number of hydrogen-bond acceptors (Lipinski definition) is 5. The Kier molecular flexibility index (Phi) is 7.91. The molecule has 5 rings (SSSR count). The Hall–Kier alpha value is -3.97. The van der Waals surface area contributed by atoms with E-state index in [2.05, 4.69) is 38.3 Å². The lowest BCUT2D eigenvalue weighted by Crippen LogP contribution is -2.47. The van der Waals surface area contributed by atoms with Gasteiger partial charge in [0.05, 0.1) is 11.4 Å². The van der Waals surface area contributed by atoms with Gasteiger partial charge < -0.3 is 15.1 Å². The smallest absolute Gasteiger partial charge is 0.248 e. The third-order valence-corrected chi connectivity index (χ3v) is 7.05. The fourth-order valence-corrected chi connectivity index (χ4v) is 4.94. The first-order valence-corrected chi connectivity index (χ1v) is 13.0. The van der Waals surface area contributed by atoms with Crippen LogP contribution in [0, 0.1) is 0 Å². The molecule has 3 aromatic rings. The number of amides is 2. The zero-order chi connectivity index (χ0) is 25.5. The van der Waals surface area contributed by atoms with Crippen molar-refractivity contribution in [2.75, 3.05) is 54.4 Å². The van der Waals surface area contributed by atoms with Crippen molar-refractivity contribution < 1.29 is 9.59 Å². The van der Waals surface area contributed by atoms with Crippen molar-refractivity contribution in [3.05, 3.63) is 90.3 Å². The predicted octanol–water partition coefficient (Wildman–Crippen LogP) is 4.23. The van der Waals surface area contributed by atoms with Gasteiger partial charge in [-0.2, -0.15) is 0 Å². The molecule has 0 aliphatic carbocycles. The van der Waals surface area contributed by atoms with E-state index >= 15 is 0 Å². The molecule has 2 aromatic carbocycles. The number of pyridine rings is 1. The van der Waals surface area contributed by atoms with E-state index in [-0.39, 0.29) is 11.8 Å². The summed E-state index contributed by atoms with van der Waals surface area (Å²) in [5.41, 5.74) is 5.02. The number of nitrogens with zero attached hydrogens (tertiary/aromatic N) is 4. The molecule has 2 fully saturated rings. The molecule has 2 aliphatic rings. The van der Waals surface area contributed by atoms with Crippen molar-refractivity contribution in [2.45, 2.75) is 19.3 Å². The minimum Gasteiger partial charge on any atom is -0.367 e. The SMILES string of the molecule is O=C(C=Cc1ccc(N2CCCC2=O)cc1)Nc1ccccc1N1CCN(CCc2ccncc2)CC1. The van der Waals surface area contributed by atoms with E-state index < -0.39 is 0 Å². The highest BCUT2D eigenvalue weighted by atomic mass is 16.2. The monoisotopic (exact) mass is 495 g/mol. The van der Waals surface area contributed by atoms with Crippen LogP contribution in [0.25, 0.3) is 6.08 Å². The van der Waals surface area contributed by atoms with Gasteiger partial charge >= 0.3 is 0 Å². The van der Waals surface area contributed by atoms with Crippen LogP contribution in [0.15, 0.2) is 79.1 Å². The second-order valence-corrected chi connectivity index (χ2v) is 9.51. The highest BCUT2D eigenvalue weighted by Crippen LogP contribution is 2.27. The average Bonchev–Trinajstić information content (AvgIpc) is 3.38. The standard InChI is InChI=1S/C30H33N5O2/c36-29(12-9-24-7-10-26(11-8-24)35-18-3-6-30(35)37)32-27-4-1-2-5-28(27)34-22-20-33(21-23-34)19-15-25-13-16-31-17-14-25/h1-2,4-5,7-14,16-17H,3,6,15,18-23H2,(H,32,36). The molecule has 7 nitrogen and oxygen atoms in total. The van der Waals surface area contributed by atoms with Gasteiger partial charge in [-0.25, -0.2) is 0 Å². The molecule has 1 N–H and O–H groups in total. The van der Waals surface area contributed by atoms with Crippen LogP contribution in [0.4, 0.5) is 17.1 Å². The van der Waals surface area contributed by atoms with Crippen LogP contribution in [0.5, 0.6) is 0 Å². The van der Waals surface area contributed by atoms with Gasteiger partial charge in [0.2, 0.25) is 11.8 Å². The summed E-state index contributed by atoms with van der Waals surface area (Å²) < 4.78 is 0. The Bertz CT molecular complexity index is 1230. The fraction of sp³-hybridized carbons (Fsp3) is 0.300. The van der Waals surface area contributed by atoms with Crippen LogP contribution in [0.1, 0.15) is 24.0 Å². The summed E-state index contributed by atoms with van der Waals surface area (Å²) in [6, 6.07) is 19.9. The van der Waals surface area contributed by atoms with Gasteiger partial charge in [-0.3, -0.25) is 19.5 Å². The van der Waals surface area contributed by atoms with Crippen molar-refractivity contribution in [1.82, 2.24) is 9.88 Å². The lowest BCUT2D eigenvalue weighted by molar-refractivity contribution is -0.117. The Morgan fingerprint density at radius 2 is 1.68 bits per heavy atom. The Morgan fingerprint density at radius 1 is 0.919 bits per heavy atom. The Labute approximate surface area is 218 Å². The second kappa shape index (κ2) is 11.8. The minimum absolute atomic E-state index is 0.165. The Balaban J connectivity index is 1.14. The molecule has 0 atom stereocenters. The third kappa shape index (κ3) is 6.43. The van der Waals surface area contributed by atoms with E-state index in [0.717, 1.165) is 74.7 Å². The normalized spacial score (nSPS) is 16.5. The molecule has 3 heterocycles. The number of piperazine rings is 1. The van der Waals surface area contributed by atoms with Gasteiger partial charge in [0.15, 0.2) is 0 Å². The number of carbonyl (C=O) groups excluding carboxylic acids is 2. The number of aromatic nitrogens is 1. The fourth-order valence-electron chi connectivity index (χ4n) is 4.94. The topological polar surface area (TPSA) is 68.8 Å². The van der Waals surface area contributed by atoms with Gasteiger partial charge in [0.1, 0.15) is 0 Å². The predicted molar refractivity (Wildman–Crippen MR) is 149 cm³/mol. The zero-order valence-electron chi connectivity index (χ0n) is 21.1. The van der Waals surface area contributed by atoms with E-state index in [1.807, 2.05) is 59.8 Å². The van der Waals surface area contributed by atoms with Gasteiger partial charge in [-0.15, -0.1) is 0 Å². The van der Waals surface area contributed by atoms with Crippen LogP contribution >= 0.6 is 0 Å². The van der Waals surface area contributed by atoms with Gasteiger partial charge in [-0.05, 0) is 66.4 Å². The average molecular weight is 496 g/mol. The second-order valence-electron chi connectivity index (χ2n) is 9.51. The van der Waals surface area contributed by atoms with Crippen molar-refractivity contribution >= 4 is 35.0 Å². The van der Waals surface area contributed by atoms with E-state index in [4.69, 9.17) is 0 Å². The molecule has 0 saturated carbocycles. The highest BCUT2D eigenvalue weighted by molar-refractivity contribution is 6.04. The van der Waals surface area contributed by atoms with Gasteiger partial charge in [0.25, 0.3) is 0 Å². The maximum Gasteiger partial charge on any atom is 0.248 e. The number of carbonyl (C=O) groups is 2. The summed E-state index contributed by atoms with van der Waals surface area (Å²) in [5.74, 6) is 0.00920. The molecule has 190 valence electrons. The summed E-state index contributed by atoms with van der Waals surface area (Å²) in [5, 5.41) is 3.06. The number of anilines is 3. The molecule has 2 amide bonds. The van der Waals surface area contributed by atoms with E-state index in [1.54, 1.807) is 12.2 Å². The van der Waals surface area contributed by atoms with Crippen LogP contribution < -0.4 is 15.1 Å². The molecule has 0 unspecified atom stereocenters. The lowest BCUT2D eigenvalue weighted by atomic mass is 10.1. The number of hydrogen-bond donors (Lipinski definition) is 1. The van der Waals surface area contributed by atoms with Gasteiger partial charge in [0, 0.05) is 69.8 Å². The lowest BCUT2D eigenvalue weighted by Gasteiger charge is -2.37. The van der Waals surface area contributed by atoms with Crippen LogP contribution in [-0.2, 0) is 16.0 Å². The number of rotatable bonds is 8. The maximum absolute atomic E-state index is 12.7. The molecule has 0 radical (unpaired) electrons. The van der Waals surface area contributed by atoms with E-state index in [1.165, 1.54) is 5.56 Å². The largest absolute Gasteiger partial charge is 0.367 e. The van der Waals surface area contributed by atoms with Gasteiger partial charge in [-0.1, -0.05) is 24.3 Å². The first-order chi connectivity index (χ1) is 18.2. The molecule has 0 bridgehead atoms. The summed E-state index contributed by atoms with van der Waals surface area (Å²) in [7, 11) is 0. The van der Waals surface area contributed by atoms with Crippen LogP contribution in [-0.4, -0.2) is 61.0 Å². The quantitative estimate of drug-likeness (QED) is 0.474. The summed E-state index contributed by atoms with van der Waals surface area (Å²) in [6.07, 6.45) is 9.61. The first kappa shape index (κ1) is 24.7. The van der Waals surface area contributed by atoms with Crippen molar-refractivity contribution in [2.24, 2.45) is 0 Å². The molecule has 2 aliphatic heterocycles. The van der Waals surface area contributed by atoms with Crippen LogP contribution in [0.3, 0.4) is 0 Å². The maximum atomic E-state index is 12.7. The molecule has 0 spiro atoms. The minimum atomic E-state index is -0.165. The molecule has 7 heteroatoms. The summed E-state index contributed by atoms with van der Waals surface area (Å²) in [4.78, 5) is 35.4. The molecular weight excluding hydrogens is 462 g/mol. The number of para-hydroxylation sites is 2. The summed E-state index contributed by atoms with van der Waals surface area (Å²) >= 11 is 0. The Morgan fingerprint density at radius 3 is 2.41 bits per heavy atom. The van der Waals surface area contributed by atoms with Crippen molar-refractivity contribution in [3.8, 4) is 0 Å². The molecule has 2 saturated heterocycles. The molecular formula is C30H33N5O2. The van der Waals surface area contributed by atoms with Crippen molar-refractivity contribution in [1.29, 1.82) is 0 Å². The summed E-state index contributed by atoms with van der Waals surface area (Å²) in [6.45, 7) is 5.64. The molecule has 1 aromatic heterocycles. The van der Waals surface area contributed by atoms with E-state index in [9.17, 15) is 9.59 Å². The van der Waals surface area contributed by atoms with Crippen molar-refractivity contribution in [3.63, 3.8) is 0 Å². The zero-order valence-corrected chi connectivity index (χ0v) is 21.1. The third-order valence-electron chi connectivity index (χ3n) is 7.05. The van der Waals surface area contributed by atoms with Crippen LogP contribution in [0.2, 0.25) is 0 Å². The molecule has 37 heavy (non-hydrogen) atoms. The first-order valence-electron chi connectivity index (χ1n) is 13.0. The van der Waals surface area contributed by atoms with E-state index in [0.29, 0.717) is 6.42 Å². The number of nitrogens with one attached hydrogen (secondary N) is 1. The highest BCUT2D eigenvalue weighted by Gasteiger charge is 2.21.